The van der Waals surface area contributed by atoms with Crippen molar-refractivity contribution in [2.45, 2.75) is 56.4 Å². The minimum absolute atomic E-state index is 0.170. The summed E-state index contributed by atoms with van der Waals surface area (Å²) >= 11 is 0. The largest absolute Gasteiger partial charge is 0.349 e. The lowest BCUT2D eigenvalue weighted by Crippen LogP contribution is -2.44. The molecule has 1 fully saturated rings. The molecule has 2 aliphatic rings. The van der Waals surface area contributed by atoms with Gasteiger partial charge in [-0.05, 0) is 48.8 Å². The lowest BCUT2D eigenvalue weighted by atomic mass is 9.77. The van der Waals surface area contributed by atoms with Crippen LogP contribution < -0.4 is 5.32 Å². The molecule has 0 spiro atoms. The molecule has 2 nitrogen and oxygen atoms in total. The molecule has 0 aliphatic heterocycles. The van der Waals surface area contributed by atoms with Crippen molar-refractivity contribution in [3.05, 3.63) is 71.3 Å². The third-order valence-corrected chi connectivity index (χ3v) is 5.89. The monoisotopic (exact) mass is 319 g/mol. The van der Waals surface area contributed by atoms with Crippen LogP contribution in [0.1, 0.15) is 61.3 Å². The van der Waals surface area contributed by atoms with Crippen molar-refractivity contribution in [3.63, 3.8) is 0 Å². The van der Waals surface area contributed by atoms with E-state index in [9.17, 15) is 4.79 Å². The maximum absolute atomic E-state index is 13.3. The molecule has 1 atom stereocenters. The van der Waals surface area contributed by atoms with E-state index in [0.29, 0.717) is 0 Å². The average Bonchev–Trinajstić information content (AvgIpc) is 3.14. The number of carbonyl (C=O) groups excluding carboxylic acids is 1. The predicted octanol–water partition coefficient (Wildman–Crippen LogP) is 4.69. The maximum Gasteiger partial charge on any atom is 0.231 e. The summed E-state index contributed by atoms with van der Waals surface area (Å²) in [6.07, 6.45) is 7.56. The number of benzene rings is 2. The Balaban J connectivity index is 1.62. The van der Waals surface area contributed by atoms with Crippen molar-refractivity contribution in [1.82, 2.24) is 5.32 Å². The van der Waals surface area contributed by atoms with E-state index < -0.39 is 0 Å². The quantitative estimate of drug-likeness (QED) is 0.873. The van der Waals surface area contributed by atoms with Gasteiger partial charge >= 0.3 is 0 Å². The van der Waals surface area contributed by atoms with E-state index in [2.05, 4.69) is 53.8 Å². The molecule has 1 N–H and O–H groups in total. The van der Waals surface area contributed by atoms with E-state index in [1.54, 1.807) is 0 Å². The van der Waals surface area contributed by atoms with E-state index in [1.165, 1.54) is 16.7 Å². The Morgan fingerprint density at radius 3 is 2.42 bits per heavy atom. The number of fused-ring (bicyclic) bond motifs is 1. The van der Waals surface area contributed by atoms with Gasteiger partial charge in [-0.15, -0.1) is 0 Å². The Bertz CT molecular complexity index is 716. The second-order valence-corrected chi connectivity index (χ2v) is 7.27. The molecule has 2 aliphatic carbocycles. The lowest BCUT2D eigenvalue weighted by Gasteiger charge is -2.33. The van der Waals surface area contributed by atoms with Gasteiger partial charge in [0.1, 0.15) is 0 Å². The van der Waals surface area contributed by atoms with Gasteiger partial charge in [0, 0.05) is 0 Å². The molecule has 0 saturated heterocycles. The average molecular weight is 319 g/mol. The van der Waals surface area contributed by atoms with Crippen molar-refractivity contribution >= 4 is 5.91 Å². The fourth-order valence-electron chi connectivity index (χ4n) is 4.58. The Morgan fingerprint density at radius 2 is 1.62 bits per heavy atom. The first-order chi connectivity index (χ1) is 11.8. The predicted molar refractivity (Wildman–Crippen MR) is 96.9 cm³/mol. The molecule has 1 unspecified atom stereocenters. The Labute approximate surface area is 144 Å². The van der Waals surface area contributed by atoms with Crippen molar-refractivity contribution in [2.24, 2.45) is 0 Å². The smallest absolute Gasteiger partial charge is 0.231 e. The highest BCUT2D eigenvalue weighted by Gasteiger charge is 2.43. The fourth-order valence-corrected chi connectivity index (χ4v) is 4.58. The van der Waals surface area contributed by atoms with Gasteiger partial charge in [0.2, 0.25) is 5.91 Å². The van der Waals surface area contributed by atoms with Crippen LogP contribution in [0.5, 0.6) is 0 Å². The molecule has 1 saturated carbocycles. The van der Waals surface area contributed by atoms with Crippen LogP contribution >= 0.6 is 0 Å². The van der Waals surface area contributed by atoms with Gasteiger partial charge in [-0.2, -0.15) is 0 Å². The first-order valence-corrected chi connectivity index (χ1v) is 9.24. The van der Waals surface area contributed by atoms with E-state index in [-0.39, 0.29) is 17.4 Å². The van der Waals surface area contributed by atoms with Crippen LogP contribution in [-0.4, -0.2) is 5.91 Å². The number of hydrogen-bond donors (Lipinski definition) is 1. The molecule has 24 heavy (non-hydrogen) atoms. The Morgan fingerprint density at radius 1 is 0.917 bits per heavy atom. The summed E-state index contributed by atoms with van der Waals surface area (Å²) in [6.45, 7) is 0. The number of rotatable bonds is 3. The van der Waals surface area contributed by atoms with Crippen LogP contribution in [0.15, 0.2) is 54.6 Å². The van der Waals surface area contributed by atoms with Crippen molar-refractivity contribution in [1.29, 1.82) is 0 Å². The fraction of sp³-hybridized carbons (Fsp3) is 0.409. The first-order valence-electron chi connectivity index (χ1n) is 9.24. The zero-order valence-corrected chi connectivity index (χ0v) is 14.1. The number of nitrogens with one attached hydrogen (secondary N) is 1. The van der Waals surface area contributed by atoms with Gasteiger partial charge < -0.3 is 5.32 Å². The summed E-state index contributed by atoms with van der Waals surface area (Å²) in [5.74, 6) is 0.230. The first kappa shape index (κ1) is 15.4. The van der Waals surface area contributed by atoms with Crippen molar-refractivity contribution < 1.29 is 4.79 Å². The SMILES string of the molecule is O=C(NC1CCCc2ccccc21)C1(c2ccccc2)CCCC1. The van der Waals surface area contributed by atoms with Gasteiger partial charge in [0.25, 0.3) is 0 Å². The van der Waals surface area contributed by atoms with Crippen molar-refractivity contribution in [2.75, 3.05) is 0 Å². The number of carbonyl (C=O) groups is 1. The summed E-state index contributed by atoms with van der Waals surface area (Å²) in [5.41, 5.74) is 3.57. The summed E-state index contributed by atoms with van der Waals surface area (Å²) in [4.78, 5) is 13.3. The molecule has 0 heterocycles. The van der Waals surface area contributed by atoms with Gasteiger partial charge in [0.05, 0.1) is 11.5 Å². The summed E-state index contributed by atoms with van der Waals surface area (Å²) in [6, 6.07) is 19.1. The van der Waals surface area contributed by atoms with E-state index in [0.717, 1.165) is 44.9 Å². The normalized spacial score (nSPS) is 21.9. The molecule has 0 aromatic heterocycles. The van der Waals surface area contributed by atoms with Crippen LogP contribution in [0.25, 0.3) is 0 Å². The highest BCUT2D eigenvalue weighted by atomic mass is 16.2. The van der Waals surface area contributed by atoms with Crippen LogP contribution in [0.3, 0.4) is 0 Å². The molecule has 0 bridgehead atoms. The van der Waals surface area contributed by atoms with Gasteiger partial charge in [-0.25, -0.2) is 0 Å². The molecule has 0 radical (unpaired) electrons. The highest BCUT2D eigenvalue weighted by Crippen LogP contribution is 2.42. The highest BCUT2D eigenvalue weighted by molar-refractivity contribution is 5.89. The minimum atomic E-state index is -0.326. The molecule has 2 heteroatoms. The topological polar surface area (TPSA) is 29.1 Å². The summed E-state index contributed by atoms with van der Waals surface area (Å²) < 4.78 is 0. The molecular weight excluding hydrogens is 294 g/mol. The lowest BCUT2D eigenvalue weighted by molar-refractivity contribution is -0.127. The zero-order valence-electron chi connectivity index (χ0n) is 14.1. The molecular formula is C22H25NO. The number of amides is 1. The van der Waals surface area contributed by atoms with E-state index >= 15 is 0 Å². The number of aryl methyl sites for hydroxylation is 1. The van der Waals surface area contributed by atoms with E-state index in [4.69, 9.17) is 0 Å². The second kappa shape index (κ2) is 6.43. The Kier molecular flexibility index (Phi) is 4.13. The Hall–Kier alpha value is -2.09. The minimum Gasteiger partial charge on any atom is -0.349 e. The molecule has 124 valence electrons. The standard InChI is InChI=1S/C22H25NO/c24-21(22(15-6-7-16-22)18-11-2-1-3-12-18)23-20-14-8-10-17-9-4-5-13-19(17)20/h1-5,9,11-13,20H,6-8,10,14-16H2,(H,23,24). The molecule has 1 amide bonds. The molecule has 2 aromatic carbocycles. The second-order valence-electron chi connectivity index (χ2n) is 7.27. The number of hydrogen-bond acceptors (Lipinski definition) is 1. The third kappa shape index (κ3) is 2.64. The molecule has 4 rings (SSSR count). The molecule has 2 aromatic rings. The van der Waals surface area contributed by atoms with E-state index in [1.807, 2.05) is 6.07 Å². The van der Waals surface area contributed by atoms with Gasteiger partial charge in [-0.3, -0.25) is 4.79 Å². The van der Waals surface area contributed by atoms with Crippen LogP contribution in [0.2, 0.25) is 0 Å². The third-order valence-electron chi connectivity index (χ3n) is 5.89. The van der Waals surface area contributed by atoms with Crippen LogP contribution in [0.4, 0.5) is 0 Å². The zero-order chi connectivity index (χ0) is 16.4. The summed E-state index contributed by atoms with van der Waals surface area (Å²) in [5, 5.41) is 3.42. The van der Waals surface area contributed by atoms with Crippen molar-refractivity contribution in [3.8, 4) is 0 Å². The maximum atomic E-state index is 13.3. The van der Waals surface area contributed by atoms with Gasteiger partial charge in [0.15, 0.2) is 0 Å². The van der Waals surface area contributed by atoms with Crippen LogP contribution in [-0.2, 0) is 16.6 Å². The summed E-state index contributed by atoms with van der Waals surface area (Å²) in [7, 11) is 0. The van der Waals surface area contributed by atoms with Gasteiger partial charge in [-0.1, -0.05) is 67.4 Å². The van der Waals surface area contributed by atoms with Crippen LogP contribution in [0, 0.1) is 0 Å².